The first-order valence-corrected chi connectivity index (χ1v) is 6.67. The number of rotatable bonds is 4. The monoisotopic (exact) mass is 279 g/mol. The molecule has 1 aromatic rings. The normalized spacial score (nSPS) is 14.9. The molecule has 6 heteroatoms. The van der Waals surface area contributed by atoms with Crippen molar-refractivity contribution in [1.82, 2.24) is 10.6 Å². The van der Waals surface area contributed by atoms with Gasteiger partial charge in [-0.25, -0.2) is 4.39 Å². The zero-order chi connectivity index (χ0) is 14.5. The standard InChI is InChI=1S/C14H18FN3O2/c1-2-13(19)17-8-10-3-4-12(11(15)7-10)18-6-5-16-14(20)9-18/h3-4,7H,2,5-6,8-9H2,1H3,(H,16,20)(H,17,19). The molecule has 2 rings (SSSR count). The Labute approximate surface area is 117 Å². The van der Waals surface area contributed by atoms with Crippen LogP contribution in [0.15, 0.2) is 18.2 Å². The summed E-state index contributed by atoms with van der Waals surface area (Å²) >= 11 is 0. The Bertz CT molecular complexity index is 519. The van der Waals surface area contributed by atoms with Crippen LogP contribution in [0.25, 0.3) is 0 Å². The first kappa shape index (κ1) is 14.3. The Balaban J connectivity index is 2.05. The van der Waals surface area contributed by atoms with E-state index < -0.39 is 0 Å². The van der Waals surface area contributed by atoms with Crippen molar-refractivity contribution in [2.24, 2.45) is 0 Å². The molecule has 0 aliphatic carbocycles. The van der Waals surface area contributed by atoms with Crippen LogP contribution < -0.4 is 15.5 Å². The van der Waals surface area contributed by atoms with Gasteiger partial charge in [0.25, 0.3) is 0 Å². The Morgan fingerprint density at radius 1 is 1.50 bits per heavy atom. The molecule has 0 radical (unpaired) electrons. The Morgan fingerprint density at radius 2 is 2.30 bits per heavy atom. The molecule has 20 heavy (non-hydrogen) atoms. The molecule has 0 spiro atoms. The molecule has 1 aliphatic rings. The van der Waals surface area contributed by atoms with Gasteiger partial charge < -0.3 is 15.5 Å². The molecular formula is C14H18FN3O2. The number of amides is 2. The summed E-state index contributed by atoms with van der Waals surface area (Å²) in [6, 6.07) is 4.82. The number of hydrogen-bond donors (Lipinski definition) is 2. The second-order valence-corrected chi connectivity index (χ2v) is 4.69. The number of anilines is 1. The number of carbonyl (C=O) groups excluding carboxylic acids is 2. The summed E-state index contributed by atoms with van der Waals surface area (Å²) < 4.78 is 14.1. The van der Waals surface area contributed by atoms with E-state index in [4.69, 9.17) is 0 Å². The van der Waals surface area contributed by atoms with Crippen molar-refractivity contribution in [2.75, 3.05) is 24.5 Å². The molecule has 108 valence electrons. The van der Waals surface area contributed by atoms with Crippen LogP contribution in [0.1, 0.15) is 18.9 Å². The molecule has 0 bridgehead atoms. The van der Waals surface area contributed by atoms with Crippen LogP contribution in [0.3, 0.4) is 0 Å². The summed E-state index contributed by atoms with van der Waals surface area (Å²) in [5.74, 6) is -0.542. The van der Waals surface area contributed by atoms with Gasteiger partial charge in [0.2, 0.25) is 11.8 Å². The van der Waals surface area contributed by atoms with Crippen molar-refractivity contribution in [3.8, 4) is 0 Å². The number of nitrogens with zero attached hydrogens (tertiary/aromatic N) is 1. The van der Waals surface area contributed by atoms with Crippen molar-refractivity contribution in [3.05, 3.63) is 29.6 Å². The number of piperazine rings is 1. The fraction of sp³-hybridized carbons (Fsp3) is 0.429. The highest BCUT2D eigenvalue weighted by molar-refractivity contribution is 5.82. The molecule has 1 heterocycles. The van der Waals surface area contributed by atoms with Crippen LogP contribution in [0.5, 0.6) is 0 Å². The first-order valence-electron chi connectivity index (χ1n) is 6.67. The van der Waals surface area contributed by atoms with Gasteiger partial charge in [0.05, 0.1) is 12.2 Å². The molecule has 1 aliphatic heterocycles. The first-order chi connectivity index (χ1) is 9.60. The van der Waals surface area contributed by atoms with Crippen LogP contribution in [-0.4, -0.2) is 31.4 Å². The summed E-state index contributed by atoms with van der Waals surface area (Å²) in [7, 11) is 0. The smallest absolute Gasteiger partial charge is 0.239 e. The molecule has 0 unspecified atom stereocenters. The molecule has 1 saturated heterocycles. The van der Waals surface area contributed by atoms with Crippen molar-refractivity contribution < 1.29 is 14.0 Å². The number of benzene rings is 1. The third kappa shape index (κ3) is 3.46. The van der Waals surface area contributed by atoms with E-state index in [1.54, 1.807) is 24.0 Å². The van der Waals surface area contributed by atoms with Crippen LogP contribution >= 0.6 is 0 Å². The number of nitrogens with one attached hydrogen (secondary N) is 2. The van der Waals surface area contributed by atoms with Crippen LogP contribution in [0, 0.1) is 5.82 Å². The molecule has 5 nitrogen and oxygen atoms in total. The van der Waals surface area contributed by atoms with E-state index in [9.17, 15) is 14.0 Å². The molecule has 0 atom stereocenters. The highest BCUT2D eigenvalue weighted by Gasteiger charge is 2.19. The van der Waals surface area contributed by atoms with Gasteiger partial charge >= 0.3 is 0 Å². The zero-order valence-corrected chi connectivity index (χ0v) is 11.4. The Kier molecular flexibility index (Phi) is 4.55. The third-order valence-electron chi connectivity index (χ3n) is 3.20. The summed E-state index contributed by atoms with van der Waals surface area (Å²) in [6.45, 7) is 3.36. The van der Waals surface area contributed by atoms with E-state index in [2.05, 4.69) is 10.6 Å². The fourth-order valence-electron chi connectivity index (χ4n) is 2.09. The highest BCUT2D eigenvalue weighted by atomic mass is 19.1. The maximum atomic E-state index is 14.1. The van der Waals surface area contributed by atoms with Crippen molar-refractivity contribution >= 4 is 17.5 Å². The second kappa shape index (κ2) is 6.36. The molecule has 0 saturated carbocycles. The zero-order valence-electron chi connectivity index (χ0n) is 11.4. The van der Waals surface area contributed by atoms with Crippen LogP contribution in [0.2, 0.25) is 0 Å². The minimum absolute atomic E-state index is 0.0674. The van der Waals surface area contributed by atoms with E-state index in [-0.39, 0.29) is 24.2 Å². The van der Waals surface area contributed by atoms with Gasteiger partial charge in [-0.15, -0.1) is 0 Å². The minimum atomic E-state index is -0.372. The quantitative estimate of drug-likeness (QED) is 0.856. The molecule has 1 fully saturated rings. The average Bonchev–Trinajstić information content (AvgIpc) is 2.44. The predicted molar refractivity (Wildman–Crippen MR) is 73.8 cm³/mol. The molecule has 2 N–H and O–H groups in total. The van der Waals surface area contributed by atoms with Crippen molar-refractivity contribution in [3.63, 3.8) is 0 Å². The third-order valence-corrected chi connectivity index (χ3v) is 3.20. The van der Waals surface area contributed by atoms with Gasteiger partial charge in [0.15, 0.2) is 0 Å². The van der Waals surface area contributed by atoms with E-state index in [0.29, 0.717) is 37.3 Å². The van der Waals surface area contributed by atoms with Gasteiger partial charge in [-0.3, -0.25) is 9.59 Å². The molecule has 2 amide bonds. The maximum absolute atomic E-state index is 14.1. The lowest BCUT2D eigenvalue weighted by Gasteiger charge is -2.29. The lowest BCUT2D eigenvalue weighted by atomic mass is 10.1. The van der Waals surface area contributed by atoms with Crippen molar-refractivity contribution in [2.45, 2.75) is 19.9 Å². The summed E-state index contributed by atoms with van der Waals surface area (Å²) in [5, 5.41) is 5.40. The summed E-state index contributed by atoms with van der Waals surface area (Å²) in [6.07, 6.45) is 0.406. The molecule has 0 aromatic heterocycles. The Morgan fingerprint density at radius 3 is 2.95 bits per heavy atom. The molecule has 1 aromatic carbocycles. The van der Waals surface area contributed by atoms with Crippen molar-refractivity contribution in [1.29, 1.82) is 0 Å². The average molecular weight is 279 g/mol. The predicted octanol–water partition coefficient (Wildman–Crippen LogP) is 0.788. The maximum Gasteiger partial charge on any atom is 0.239 e. The summed E-state index contributed by atoms with van der Waals surface area (Å²) in [4.78, 5) is 24.2. The Hall–Kier alpha value is -2.11. The topological polar surface area (TPSA) is 61.4 Å². The SMILES string of the molecule is CCC(=O)NCc1ccc(N2CCNC(=O)C2)c(F)c1. The van der Waals surface area contributed by atoms with E-state index in [0.717, 1.165) is 0 Å². The largest absolute Gasteiger partial charge is 0.358 e. The minimum Gasteiger partial charge on any atom is -0.358 e. The van der Waals surface area contributed by atoms with E-state index in [1.807, 2.05) is 0 Å². The van der Waals surface area contributed by atoms with Crippen LogP contribution in [-0.2, 0) is 16.1 Å². The fourth-order valence-corrected chi connectivity index (χ4v) is 2.09. The van der Waals surface area contributed by atoms with Gasteiger partial charge in [-0.2, -0.15) is 0 Å². The van der Waals surface area contributed by atoms with Gasteiger partial charge in [-0.05, 0) is 17.7 Å². The van der Waals surface area contributed by atoms with E-state index in [1.165, 1.54) is 6.07 Å². The number of hydrogen-bond acceptors (Lipinski definition) is 3. The van der Waals surface area contributed by atoms with Crippen LogP contribution in [0.4, 0.5) is 10.1 Å². The number of carbonyl (C=O) groups is 2. The van der Waals surface area contributed by atoms with Gasteiger partial charge in [0, 0.05) is 26.1 Å². The van der Waals surface area contributed by atoms with E-state index >= 15 is 0 Å². The lowest BCUT2D eigenvalue weighted by Crippen LogP contribution is -2.48. The second-order valence-electron chi connectivity index (χ2n) is 4.69. The summed E-state index contributed by atoms with van der Waals surface area (Å²) in [5.41, 5.74) is 1.12. The molecular weight excluding hydrogens is 261 g/mol. The number of halogens is 1. The highest BCUT2D eigenvalue weighted by Crippen LogP contribution is 2.21. The van der Waals surface area contributed by atoms with Gasteiger partial charge in [-0.1, -0.05) is 13.0 Å². The lowest BCUT2D eigenvalue weighted by molar-refractivity contribution is -0.121. The van der Waals surface area contributed by atoms with Gasteiger partial charge in [0.1, 0.15) is 5.82 Å².